The van der Waals surface area contributed by atoms with Gasteiger partial charge in [0.25, 0.3) is 5.69 Å². The Bertz CT molecular complexity index is 714. The first-order valence-corrected chi connectivity index (χ1v) is 6.48. The van der Waals surface area contributed by atoms with Crippen molar-refractivity contribution in [2.45, 2.75) is 6.42 Å². The number of ketones is 2. The van der Waals surface area contributed by atoms with E-state index in [2.05, 4.69) is 0 Å². The van der Waals surface area contributed by atoms with E-state index in [1.807, 2.05) is 0 Å². The van der Waals surface area contributed by atoms with Crippen molar-refractivity contribution in [3.63, 3.8) is 0 Å². The van der Waals surface area contributed by atoms with E-state index in [-0.39, 0.29) is 23.7 Å². The second-order valence-electron chi connectivity index (χ2n) is 4.95. The molecule has 0 saturated heterocycles. The Morgan fingerprint density at radius 3 is 1.90 bits per heavy atom. The minimum absolute atomic E-state index is 0.00823. The van der Waals surface area contributed by atoms with Gasteiger partial charge in [0.2, 0.25) is 0 Å². The molecule has 0 unspecified atom stereocenters. The van der Waals surface area contributed by atoms with Gasteiger partial charge in [0.05, 0.1) is 10.8 Å². The molecule has 2 aromatic rings. The summed E-state index contributed by atoms with van der Waals surface area (Å²) in [4.78, 5) is 34.6. The predicted octanol–water partition coefficient (Wildman–Crippen LogP) is 2.83. The van der Waals surface area contributed by atoms with Crippen molar-refractivity contribution in [2.24, 2.45) is 5.92 Å². The fourth-order valence-electron chi connectivity index (χ4n) is 2.58. The van der Waals surface area contributed by atoms with E-state index < -0.39 is 10.8 Å². The fraction of sp³-hybridized carbons (Fsp3) is 0.125. The van der Waals surface area contributed by atoms with Crippen LogP contribution >= 0.6 is 0 Å². The first-order valence-electron chi connectivity index (χ1n) is 6.48. The zero-order chi connectivity index (χ0) is 15.0. The van der Waals surface area contributed by atoms with Gasteiger partial charge in [-0.3, -0.25) is 19.7 Å². The second-order valence-corrected chi connectivity index (χ2v) is 4.95. The maximum absolute atomic E-state index is 12.3. The number of rotatable bonds is 3. The molecule has 0 saturated carbocycles. The van der Waals surface area contributed by atoms with Crippen molar-refractivity contribution in [3.05, 3.63) is 75.3 Å². The van der Waals surface area contributed by atoms with E-state index in [0.717, 1.165) is 5.56 Å². The summed E-state index contributed by atoms with van der Waals surface area (Å²) in [7, 11) is 0. The van der Waals surface area contributed by atoms with Gasteiger partial charge in [-0.2, -0.15) is 0 Å². The van der Waals surface area contributed by atoms with Crippen molar-refractivity contribution in [3.8, 4) is 0 Å². The first kappa shape index (κ1) is 13.2. The third-order valence-electron chi connectivity index (χ3n) is 3.68. The molecule has 1 aliphatic rings. The van der Waals surface area contributed by atoms with Crippen molar-refractivity contribution >= 4 is 17.3 Å². The first-order chi connectivity index (χ1) is 10.1. The number of nitro benzene ring substituents is 1. The number of nitro groups is 1. The van der Waals surface area contributed by atoms with Crippen LogP contribution in [-0.2, 0) is 6.42 Å². The minimum atomic E-state index is -0.719. The van der Waals surface area contributed by atoms with Gasteiger partial charge in [-0.15, -0.1) is 0 Å². The zero-order valence-electron chi connectivity index (χ0n) is 11.0. The number of nitrogens with zero attached hydrogens (tertiary/aromatic N) is 1. The van der Waals surface area contributed by atoms with Gasteiger partial charge in [0, 0.05) is 23.3 Å². The second kappa shape index (κ2) is 4.94. The zero-order valence-corrected chi connectivity index (χ0v) is 11.0. The van der Waals surface area contributed by atoms with Crippen molar-refractivity contribution < 1.29 is 14.5 Å². The van der Waals surface area contributed by atoms with Crippen LogP contribution in [0.5, 0.6) is 0 Å². The molecule has 21 heavy (non-hydrogen) atoms. The average Bonchev–Trinajstić information content (AvgIpc) is 2.73. The highest BCUT2D eigenvalue weighted by Crippen LogP contribution is 2.29. The fourth-order valence-corrected chi connectivity index (χ4v) is 2.58. The quantitative estimate of drug-likeness (QED) is 0.492. The Balaban J connectivity index is 1.85. The largest absolute Gasteiger partial charge is 0.293 e. The van der Waals surface area contributed by atoms with Crippen LogP contribution in [0.1, 0.15) is 26.3 Å². The number of non-ortho nitro benzene ring substituents is 1. The van der Waals surface area contributed by atoms with Gasteiger partial charge in [-0.05, 0) is 12.0 Å². The van der Waals surface area contributed by atoms with E-state index in [4.69, 9.17) is 0 Å². The summed E-state index contributed by atoms with van der Waals surface area (Å²) >= 11 is 0. The predicted molar refractivity (Wildman–Crippen MR) is 75.4 cm³/mol. The number of fused-ring (bicyclic) bond motifs is 1. The molecule has 104 valence electrons. The van der Waals surface area contributed by atoms with E-state index in [1.165, 1.54) is 12.1 Å². The number of benzene rings is 2. The summed E-state index contributed by atoms with van der Waals surface area (Å²) in [6.07, 6.45) is 0.268. The van der Waals surface area contributed by atoms with Crippen molar-refractivity contribution in [2.75, 3.05) is 0 Å². The van der Waals surface area contributed by atoms with Crippen molar-refractivity contribution in [1.82, 2.24) is 0 Å². The molecule has 0 radical (unpaired) electrons. The highest BCUT2D eigenvalue weighted by Gasteiger charge is 2.37. The third kappa shape index (κ3) is 2.23. The molecule has 2 aromatic carbocycles. The van der Waals surface area contributed by atoms with Crippen molar-refractivity contribution in [1.29, 1.82) is 0 Å². The Hall–Kier alpha value is -2.82. The summed E-state index contributed by atoms with van der Waals surface area (Å²) in [5, 5.41) is 10.6. The monoisotopic (exact) mass is 281 g/mol. The topological polar surface area (TPSA) is 77.3 Å². The molecule has 1 aliphatic carbocycles. The maximum Gasteiger partial charge on any atom is 0.269 e. The highest BCUT2D eigenvalue weighted by molar-refractivity contribution is 6.26. The lowest BCUT2D eigenvalue weighted by molar-refractivity contribution is -0.384. The van der Waals surface area contributed by atoms with E-state index >= 15 is 0 Å². The summed E-state index contributed by atoms with van der Waals surface area (Å²) in [6, 6.07) is 12.7. The molecule has 0 bridgehead atoms. The van der Waals surface area contributed by atoms with Crippen LogP contribution in [0.2, 0.25) is 0 Å². The number of hydrogen-bond acceptors (Lipinski definition) is 4. The minimum Gasteiger partial charge on any atom is -0.293 e. The molecule has 0 fully saturated rings. The normalized spacial score (nSPS) is 14.3. The number of carbonyl (C=O) groups is 2. The summed E-state index contributed by atoms with van der Waals surface area (Å²) in [5.74, 6) is -1.06. The van der Waals surface area contributed by atoms with Gasteiger partial charge >= 0.3 is 0 Å². The molecule has 0 atom stereocenters. The molecule has 0 aliphatic heterocycles. The lowest BCUT2D eigenvalue weighted by atomic mass is 9.95. The van der Waals surface area contributed by atoms with Crippen LogP contribution < -0.4 is 0 Å². The lowest BCUT2D eigenvalue weighted by Crippen LogP contribution is -2.17. The summed E-state index contributed by atoms with van der Waals surface area (Å²) in [6.45, 7) is 0. The van der Waals surface area contributed by atoms with Gasteiger partial charge in [-0.1, -0.05) is 36.4 Å². The molecule has 0 amide bonds. The Morgan fingerprint density at radius 2 is 1.43 bits per heavy atom. The number of hydrogen-bond donors (Lipinski definition) is 0. The van der Waals surface area contributed by atoms with E-state index in [9.17, 15) is 19.7 Å². The van der Waals surface area contributed by atoms with Gasteiger partial charge < -0.3 is 0 Å². The summed E-state index contributed by atoms with van der Waals surface area (Å²) < 4.78 is 0. The van der Waals surface area contributed by atoms with E-state index in [0.29, 0.717) is 11.1 Å². The van der Waals surface area contributed by atoms with Gasteiger partial charge in [-0.25, -0.2) is 0 Å². The van der Waals surface area contributed by atoms with Crippen LogP contribution in [-0.4, -0.2) is 16.5 Å². The Labute approximate surface area is 120 Å². The molecular weight excluding hydrogens is 270 g/mol. The van der Waals surface area contributed by atoms with Crippen LogP contribution in [0.3, 0.4) is 0 Å². The molecule has 0 N–H and O–H groups in total. The maximum atomic E-state index is 12.3. The Morgan fingerprint density at radius 1 is 0.905 bits per heavy atom. The van der Waals surface area contributed by atoms with Gasteiger partial charge in [0.15, 0.2) is 11.6 Å². The van der Waals surface area contributed by atoms with Gasteiger partial charge in [0.1, 0.15) is 0 Å². The SMILES string of the molecule is O=C1c2ccccc2C(=O)C1Cc1ccc([N+](=O)[O-])cc1. The van der Waals surface area contributed by atoms with Crippen LogP contribution in [0.25, 0.3) is 0 Å². The molecule has 5 nitrogen and oxygen atoms in total. The standard InChI is InChI=1S/C16H11NO4/c18-15-12-3-1-2-4-13(12)16(19)14(15)9-10-5-7-11(8-6-10)17(20)21/h1-8,14H,9H2. The average molecular weight is 281 g/mol. The smallest absolute Gasteiger partial charge is 0.269 e. The molecule has 0 heterocycles. The third-order valence-corrected chi connectivity index (χ3v) is 3.68. The molecular formula is C16H11NO4. The molecule has 0 spiro atoms. The molecule has 0 aromatic heterocycles. The van der Waals surface area contributed by atoms with E-state index in [1.54, 1.807) is 36.4 Å². The number of carbonyl (C=O) groups excluding carboxylic acids is 2. The molecule has 3 rings (SSSR count). The highest BCUT2D eigenvalue weighted by atomic mass is 16.6. The lowest BCUT2D eigenvalue weighted by Gasteiger charge is -2.06. The van der Waals surface area contributed by atoms with Crippen LogP contribution in [0, 0.1) is 16.0 Å². The number of Topliss-reactive ketones (excluding diaryl/α,β-unsaturated/α-hetero) is 2. The summed E-state index contributed by atoms with van der Waals surface area (Å²) in [5.41, 5.74) is 1.66. The van der Waals surface area contributed by atoms with Crippen LogP contribution in [0.15, 0.2) is 48.5 Å². The Kier molecular flexibility index (Phi) is 3.10. The van der Waals surface area contributed by atoms with Crippen LogP contribution in [0.4, 0.5) is 5.69 Å². The molecule has 5 heteroatoms.